The number of benzene rings is 1. The fourth-order valence-electron chi connectivity index (χ4n) is 2.57. The van der Waals surface area contributed by atoms with Crippen LogP contribution < -0.4 is 5.32 Å². The van der Waals surface area contributed by atoms with Gasteiger partial charge in [-0.25, -0.2) is 0 Å². The number of hydrogen-bond donors (Lipinski definition) is 2. The molecular formula is C14H16Cl2N2O3. The molecule has 21 heavy (non-hydrogen) atoms. The summed E-state index contributed by atoms with van der Waals surface area (Å²) in [6, 6.07) is 4.16. The lowest BCUT2D eigenvalue weighted by Crippen LogP contribution is -2.43. The van der Waals surface area contributed by atoms with Crippen LogP contribution in [0.4, 0.5) is 5.69 Å². The van der Waals surface area contributed by atoms with Crippen molar-refractivity contribution in [1.82, 2.24) is 4.90 Å². The summed E-state index contributed by atoms with van der Waals surface area (Å²) in [6.07, 6.45) is 0.766. The fourth-order valence-corrected chi connectivity index (χ4v) is 2.91. The highest BCUT2D eigenvalue weighted by molar-refractivity contribution is 6.35. The number of carboxylic acid groups (broad SMARTS) is 1. The van der Waals surface area contributed by atoms with E-state index < -0.39 is 12.0 Å². The fraction of sp³-hybridized carbons (Fsp3) is 0.429. The molecule has 5 nitrogen and oxygen atoms in total. The monoisotopic (exact) mass is 330 g/mol. The highest BCUT2D eigenvalue weighted by Crippen LogP contribution is 2.26. The molecule has 0 aliphatic carbocycles. The number of rotatable bonds is 4. The number of carbonyl (C=O) groups excluding carboxylic acids is 1. The van der Waals surface area contributed by atoms with Crippen molar-refractivity contribution in [1.29, 1.82) is 0 Å². The molecule has 1 aromatic rings. The maximum absolute atomic E-state index is 12.1. The first-order valence-electron chi connectivity index (χ1n) is 6.60. The van der Waals surface area contributed by atoms with Gasteiger partial charge in [-0.2, -0.15) is 0 Å². The minimum atomic E-state index is -0.895. The molecule has 1 heterocycles. The van der Waals surface area contributed by atoms with Gasteiger partial charge < -0.3 is 10.4 Å². The van der Waals surface area contributed by atoms with Gasteiger partial charge in [0.05, 0.1) is 17.3 Å². The number of carbonyl (C=O) groups is 2. The molecule has 0 spiro atoms. The number of likely N-dealkylation sites (tertiary alicyclic amines) is 1. The van der Waals surface area contributed by atoms with Crippen LogP contribution >= 0.6 is 23.2 Å². The summed E-state index contributed by atoms with van der Waals surface area (Å²) in [7, 11) is 0. The SMILES string of the molecule is CC1CCN(CC(=O)Nc2cc(Cl)ccc2Cl)C1C(=O)O. The number of nitrogens with zero attached hydrogens (tertiary/aromatic N) is 1. The van der Waals surface area contributed by atoms with Crippen molar-refractivity contribution in [3.8, 4) is 0 Å². The van der Waals surface area contributed by atoms with Crippen LogP contribution in [0, 0.1) is 5.92 Å². The minimum Gasteiger partial charge on any atom is -0.480 e. The molecule has 1 fully saturated rings. The van der Waals surface area contributed by atoms with Gasteiger partial charge in [-0.3, -0.25) is 14.5 Å². The van der Waals surface area contributed by atoms with Gasteiger partial charge in [0.2, 0.25) is 5.91 Å². The first-order chi connectivity index (χ1) is 9.88. The molecule has 0 saturated carbocycles. The van der Waals surface area contributed by atoms with Crippen LogP contribution in [-0.4, -0.2) is 41.0 Å². The molecule has 0 aromatic heterocycles. The van der Waals surface area contributed by atoms with Crippen LogP contribution in [0.3, 0.4) is 0 Å². The zero-order valence-corrected chi connectivity index (χ0v) is 13.0. The second-order valence-electron chi connectivity index (χ2n) is 5.19. The lowest BCUT2D eigenvalue weighted by molar-refractivity contribution is -0.143. The van der Waals surface area contributed by atoms with Gasteiger partial charge in [0.1, 0.15) is 6.04 Å². The van der Waals surface area contributed by atoms with Crippen molar-refractivity contribution < 1.29 is 14.7 Å². The number of amides is 1. The Morgan fingerprint density at radius 3 is 2.81 bits per heavy atom. The van der Waals surface area contributed by atoms with E-state index in [0.717, 1.165) is 6.42 Å². The summed E-state index contributed by atoms with van der Waals surface area (Å²) in [5.74, 6) is -1.17. The third kappa shape index (κ3) is 3.87. The summed E-state index contributed by atoms with van der Waals surface area (Å²) in [5.41, 5.74) is 0.424. The van der Waals surface area contributed by atoms with Crippen LogP contribution in [0.2, 0.25) is 10.0 Å². The predicted octanol–water partition coefficient (Wildman–Crippen LogP) is 2.73. The summed E-state index contributed by atoms with van der Waals surface area (Å²) < 4.78 is 0. The van der Waals surface area contributed by atoms with Gasteiger partial charge in [-0.1, -0.05) is 30.1 Å². The average molecular weight is 331 g/mol. The van der Waals surface area contributed by atoms with E-state index >= 15 is 0 Å². The summed E-state index contributed by atoms with van der Waals surface area (Å²) >= 11 is 11.8. The first-order valence-corrected chi connectivity index (χ1v) is 7.36. The molecule has 2 N–H and O–H groups in total. The topological polar surface area (TPSA) is 69.6 Å². The van der Waals surface area contributed by atoms with Crippen LogP contribution in [0.15, 0.2) is 18.2 Å². The van der Waals surface area contributed by atoms with E-state index in [2.05, 4.69) is 5.32 Å². The van der Waals surface area contributed by atoms with Gasteiger partial charge in [0.15, 0.2) is 0 Å². The number of halogens is 2. The zero-order valence-electron chi connectivity index (χ0n) is 11.5. The zero-order chi connectivity index (χ0) is 15.6. The normalized spacial score (nSPS) is 22.2. The second kappa shape index (κ2) is 6.64. The second-order valence-corrected chi connectivity index (χ2v) is 6.04. The average Bonchev–Trinajstić information content (AvgIpc) is 2.75. The van der Waals surface area contributed by atoms with E-state index in [4.69, 9.17) is 23.2 Å². The van der Waals surface area contributed by atoms with Gasteiger partial charge in [-0.05, 0) is 37.1 Å². The van der Waals surface area contributed by atoms with Crippen molar-refractivity contribution >= 4 is 40.8 Å². The molecule has 1 aromatic carbocycles. The van der Waals surface area contributed by atoms with E-state index in [1.807, 2.05) is 6.92 Å². The van der Waals surface area contributed by atoms with Crippen LogP contribution in [-0.2, 0) is 9.59 Å². The lowest BCUT2D eigenvalue weighted by Gasteiger charge is -2.22. The molecule has 2 atom stereocenters. The molecule has 7 heteroatoms. The third-order valence-corrected chi connectivity index (χ3v) is 4.17. The summed E-state index contributed by atoms with van der Waals surface area (Å²) in [6.45, 7) is 2.49. The van der Waals surface area contributed by atoms with E-state index in [0.29, 0.717) is 22.3 Å². The Bertz CT molecular complexity index is 565. The number of nitrogens with one attached hydrogen (secondary N) is 1. The number of hydrogen-bond acceptors (Lipinski definition) is 3. The molecule has 2 unspecified atom stereocenters. The molecular weight excluding hydrogens is 315 g/mol. The summed E-state index contributed by atoms with van der Waals surface area (Å²) in [5, 5.41) is 12.7. The highest BCUT2D eigenvalue weighted by atomic mass is 35.5. The van der Waals surface area contributed by atoms with Crippen LogP contribution in [0.1, 0.15) is 13.3 Å². The van der Waals surface area contributed by atoms with Gasteiger partial charge in [0, 0.05) is 5.02 Å². The van der Waals surface area contributed by atoms with Crippen molar-refractivity contribution in [2.24, 2.45) is 5.92 Å². The molecule has 1 aliphatic heterocycles. The molecule has 1 saturated heterocycles. The molecule has 0 radical (unpaired) electrons. The summed E-state index contributed by atoms with van der Waals surface area (Å²) in [4.78, 5) is 25.0. The highest BCUT2D eigenvalue weighted by Gasteiger charge is 2.37. The predicted molar refractivity (Wildman–Crippen MR) is 81.9 cm³/mol. The van der Waals surface area contributed by atoms with Crippen molar-refractivity contribution in [3.05, 3.63) is 28.2 Å². The van der Waals surface area contributed by atoms with Crippen molar-refractivity contribution in [2.45, 2.75) is 19.4 Å². The Balaban J connectivity index is 2.02. The Hall–Kier alpha value is -1.30. The first kappa shape index (κ1) is 16.1. The Morgan fingerprint density at radius 1 is 1.43 bits per heavy atom. The van der Waals surface area contributed by atoms with Crippen molar-refractivity contribution in [3.63, 3.8) is 0 Å². The third-order valence-electron chi connectivity index (χ3n) is 3.61. The quantitative estimate of drug-likeness (QED) is 0.890. The van der Waals surface area contributed by atoms with Crippen LogP contribution in [0.5, 0.6) is 0 Å². The lowest BCUT2D eigenvalue weighted by atomic mass is 10.0. The molecule has 2 rings (SSSR count). The van der Waals surface area contributed by atoms with E-state index in [-0.39, 0.29) is 18.4 Å². The Morgan fingerprint density at radius 2 is 2.14 bits per heavy atom. The van der Waals surface area contributed by atoms with E-state index in [1.54, 1.807) is 23.1 Å². The Kier molecular flexibility index (Phi) is 5.08. The van der Waals surface area contributed by atoms with E-state index in [9.17, 15) is 14.7 Å². The maximum Gasteiger partial charge on any atom is 0.321 e. The molecule has 1 aliphatic rings. The number of carboxylic acids is 1. The van der Waals surface area contributed by atoms with Gasteiger partial charge in [-0.15, -0.1) is 0 Å². The molecule has 1 amide bonds. The maximum atomic E-state index is 12.1. The molecule has 114 valence electrons. The molecule has 0 bridgehead atoms. The number of anilines is 1. The number of aliphatic carboxylic acids is 1. The standard InChI is InChI=1S/C14H16Cl2N2O3/c1-8-4-5-18(13(8)14(20)21)7-12(19)17-11-6-9(15)2-3-10(11)16/h2-3,6,8,13H,4-5,7H2,1H3,(H,17,19)(H,20,21). The largest absolute Gasteiger partial charge is 0.480 e. The van der Waals surface area contributed by atoms with Gasteiger partial charge >= 0.3 is 5.97 Å². The smallest absolute Gasteiger partial charge is 0.321 e. The van der Waals surface area contributed by atoms with Crippen LogP contribution in [0.25, 0.3) is 0 Å². The van der Waals surface area contributed by atoms with Gasteiger partial charge in [0.25, 0.3) is 0 Å². The van der Waals surface area contributed by atoms with E-state index in [1.165, 1.54) is 0 Å². The minimum absolute atomic E-state index is 0.0180. The van der Waals surface area contributed by atoms with Crippen molar-refractivity contribution in [2.75, 3.05) is 18.4 Å². The Labute approximate surface area is 132 Å².